The third-order valence-corrected chi connectivity index (χ3v) is 7.96. The number of benzene rings is 2. The van der Waals surface area contributed by atoms with E-state index in [1.54, 1.807) is 17.8 Å². The Bertz CT molecular complexity index is 1120. The van der Waals surface area contributed by atoms with Gasteiger partial charge < -0.3 is 14.8 Å². The summed E-state index contributed by atoms with van der Waals surface area (Å²) in [6, 6.07) is 8.55. The number of hydrogen-bond acceptors (Lipinski definition) is 7. The van der Waals surface area contributed by atoms with Crippen LogP contribution in [0.15, 0.2) is 46.3 Å². The van der Waals surface area contributed by atoms with Crippen molar-refractivity contribution in [1.82, 2.24) is 0 Å². The van der Waals surface area contributed by atoms with Crippen molar-refractivity contribution in [3.8, 4) is 5.75 Å². The summed E-state index contributed by atoms with van der Waals surface area (Å²) in [5.41, 5.74) is 1.32. The number of anilines is 1. The largest absolute Gasteiger partial charge is 0.482 e. The summed E-state index contributed by atoms with van der Waals surface area (Å²) >= 11 is 3.07. The second-order valence-corrected chi connectivity index (χ2v) is 10.2. The van der Waals surface area contributed by atoms with Gasteiger partial charge in [0.05, 0.1) is 29.4 Å². The highest BCUT2D eigenvalue weighted by molar-refractivity contribution is 8.16. The number of amides is 1. The summed E-state index contributed by atoms with van der Waals surface area (Å²) in [5.74, 6) is 0.361. The number of esters is 1. The lowest BCUT2D eigenvalue weighted by molar-refractivity contribution is -0.143. The topological polar surface area (TPSA) is 77.0 Å². The molecular formula is C24H25F3N2O4S2. The van der Waals surface area contributed by atoms with E-state index < -0.39 is 17.7 Å². The normalized spacial score (nSPS) is 17.6. The summed E-state index contributed by atoms with van der Waals surface area (Å²) in [4.78, 5) is 28.6. The Hall–Kier alpha value is -2.66. The molecule has 188 valence electrons. The third kappa shape index (κ3) is 7.17. The molecule has 3 rings (SSSR count). The van der Waals surface area contributed by atoms with Crippen molar-refractivity contribution < 1.29 is 32.2 Å². The molecule has 2 aromatic rings. The molecule has 0 aromatic heterocycles. The number of rotatable bonds is 8. The van der Waals surface area contributed by atoms with Crippen LogP contribution < -0.4 is 10.1 Å². The summed E-state index contributed by atoms with van der Waals surface area (Å²) in [5, 5.41) is 3.60. The molecule has 0 saturated heterocycles. The molecule has 0 aliphatic carbocycles. The van der Waals surface area contributed by atoms with Crippen LogP contribution >= 0.6 is 23.5 Å². The van der Waals surface area contributed by atoms with Crippen LogP contribution in [0.5, 0.6) is 5.75 Å². The molecule has 0 saturated carbocycles. The molecule has 2 unspecified atom stereocenters. The second-order valence-electron chi connectivity index (χ2n) is 7.88. The van der Waals surface area contributed by atoms with Crippen molar-refractivity contribution in [2.45, 2.75) is 43.1 Å². The van der Waals surface area contributed by atoms with Gasteiger partial charge in [-0.3, -0.25) is 9.79 Å². The quantitative estimate of drug-likeness (QED) is 0.358. The molecule has 0 fully saturated rings. The first-order valence-electron chi connectivity index (χ1n) is 10.6. The van der Waals surface area contributed by atoms with Crippen molar-refractivity contribution in [2.24, 2.45) is 4.99 Å². The number of hydrogen-bond donors (Lipinski definition) is 1. The highest BCUT2D eigenvalue weighted by atomic mass is 32.2. The zero-order chi connectivity index (χ0) is 25.8. The smallest absolute Gasteiger partial charge is 0.416 e. The van der Waals surface area contributed by atoms with Gasteiger partial charge in [-0.2, -0.15) is 13.2 Å². The Morgan fingerprint density at radius 1 is 1.20 bits per heavy atom. The zero-order valence-corrected chi connectivity index (χ0v) is 21.2. The predicted molar refractivity (Wildman–Crippen MR) is 133 cm³/mol. The Labute approximate surface area is 210 Å². The van der Waals surface area contributed by atoms with Crippen molar-refractivity contribution >= 4 is 46.1 Å². The fourth-order valence-electron chi connectivity index (χ4n) is 3.25. The van der Waals surface area contributed by atoms with Gasteiger partial charge in [-0.15, -0.1) is 11.8 Å². The van der Waals surface area contributed by atoms with E-state index in [1.807, 2.05) is 19.9 Å². The highest BCUT2D eigenvalue weighted by Gasteiger charge is 2.31. The number of alkyl halides is 3. The number of thioether (sulfide) groups is 2. The molecule has 11 heteroatoms. The Morgan fingerprint density at radius 2 is 1.89 bits per heavy atom. The van der Waals surface area contributed by atoms with Gasteiger partial charge >= 0.3 is 12.1 Å². The van der Waals surface area contributed by atoms with Gasteiger partial charge in [-0.1, -0.05) is 23.9 Å². The molecule has 35 heavy (non-hydrogen) atoms. The molecule has 1 N–H and O–H groups in total. The fraction of sp³-hybridized carbons (Fsp3) is 0.375. The van der Waals surface area contributed by atoms with E-state index in [4.69, 9.17) is 4.74 Å². The SMILES string of the molecule is COC(=O)COc1cc(NC(C)=O)c(SCC2SC(c3ccc(C(F)(F)F)cc3)=NC2C)cc1C. The van der Waals surface area contributed by atoms with Crippen LogP contribution in [0.2, 0.25) is 0 Å². The standard InChI is InChI=1S/C24H25F3N2O4S2/c1-13-9-20(18(29-15(3)30)10-19(13)33-11-22(31)32-4)34-12-21-14(2)28-23(35-21)16-5-7-17(8-6-16)24(25,26)27/h5-10,14,21H,11-12H2,1-4H3,(H,29,30). The number of carbonyl (C=O) groups is 2. The molecule has 0 spiro atoms. The maximum Gasteiger partial charge on any atom is 0.416 e. The number of carbonyl (C=O) groups excluding carboxylic acids is 2. The van der Waals surface area contributed by atoms with Crippen LogP contribution in [0.3, 0.4) is 0 Å². The lowest BCUT2D eigenvalue weighted by Gasteiger charge is -2.17. The minimum absolute atomic E-state index is 0.0298. The first kappa shape index (κ1) is 26.9. The molecular weight excluding hydrogens is 501 g/mol. The summed E-state index contributed by atoms with van der Waals surface area (Å²) in [7, 11) is 1.27. The third-order valence-electron chi connectivity index (χ3n) is 5.15. The van der Waals surface area contributed by atoms with Crippen molar-refractivity contribution in [1.29, 1.82) is 0 Å². The number of methoxy groups -OCH3 is 1. The number of ether oxygens (including phenoxy) is 2. The number of nitrogens with one attached hydrogen (secondary N) is 1. The minimum Gasteiger partial charge on any atom is -0.482 e. The molecule has 2 atom stereocenters. The molecule has 6 nitrogen and oxygen atoms in total. The zero-order valence-electron chi connectivity index (χ0n) is 19.6. The fourth-order valence-corrected chi connectivity index (χ4v) is 5.92. The summed E-state index contributed by atoms with van der Waals surface area (Å²) in [6.45, 7) is 4.97. The van der Waals surface area contributed by atoms with E-state index in [-0.39, 0.29) is 23.8 Å². The van der Waals surface area contributed by atoms with Crippen LogP contribution in [-0.4, -0.2) is 47.7 Å². The monoisotopic (exact) mass is 526 g/mol. The average Bonchev–Trinajstić information content (AvgIpc) is 3.17. The summed E-state index contributed by atoms with van der Waals surface area (Å²) < 4.78 is 48.7. The molecule has 0 bridgehead atoms. The van der Waals surface area contributed by atoms with Crippen LogP contribution in [-0.2, 0) is 20.5 Å². The van der Waals surface area contributed by atoms with Crippen molar-refractivity contribution in [2.75, 3.05) is 24.8 Å². The van der Waals surface area contributed by atoms with Crippen LogP contribution in [0.1, 0.15) is 30.5 Å². The average molecular weight is 527 g/mol. The molecule has 1 aliphatic rings. The Morgan fingerprint density at radius 3 is 2.49 bits per heavy atom. The van der Waals surface area contributed by atoms with Crippen LogP contribution in [0, 0.1) is 6.92 Å². The Balaban J connectivity index is 1.70. The molecule has 1 amide bonds. The predicted octanol–water partition coefficient (Wildman–Crippen LogP) is 5.57. The molecule has 0 radical (unpaired) electrons. The van der Waals surface area contributed by atoms with E-state index in [0.29, 0.717) is 27.8 Å². The lowest BCUT2D eigenvalue weighted by atomic mass is 10.1. The van der Waals surface area contributed by atoms with Crippen molar-refractivity contribution in [3.63, 3.8) is 0 Å². The van der Waals surface area contributed by atoms with Crippen LogP contribution in [0.25, 0.3) is 0 Å². The van der Waals surface area contributed by atoms with Crippen molar-refractivity contribution in [3.05, 3.63) is 53.1 Å². The van der Waals surface area contributed by atoms with E-state index in [0.717, 1.165) is 22.6 Å². The lowest BCUT2D eigenvalue weighted by Crippen LogP contribution is -2.17. The Kier molecular flexibility index (Phi) is 8.76. The number of aliphatic imine (C=N–C) groups is 1. The first-order valence-corrected chi connectivity index (χ1v) is 12.5. The van der Waals surface area contributed by atoms with E-state index in [1.165, 1.54) is 37.9 Å². The first-order chi connectivity index (χ1) is 16.5. The summed E-state index contributed by atoms with van der Waals surface area (Å²) in [6.07, 6.45) is -4.38. The number of halogens is 3. The minimum atomic E-state index is -4.38. The molecule has 1 heterocycles. The number of nitrogens with zero attached hydrogens (tertiary/aromatic N) is 1. The highest BCUT2D eigenvalue weighted by Crippen LogP contribution is 2.39. The maximum atomic E-state index is 12.8. The van der Waals surface area contributed by atoms with Gasteiger partial charge in [-0.05, 0) is 37.6 Å². The van der Waals surface area contributed by atoms with E-state index >= 15 is 0 Å². The van der Waals surface area contributed by atoms with Gasteiger partial charge in [0.1, 0.15) is 5.75 Å². The van der Waals surface area contributed by atoms with Gasteiger partial charge in [0, 0.05) is 34.5 Å². The molecule has 2 aromatic carbocycles. The van der Waals surface area contributed by atoms with E-state index in [2.05, 4.69) is 15.0 Å². The van der Waals surface area contributed by atoms with Crippen LogP contribution in [0.4, 0.5) is 18.9 Å². The van der Waals surface area contributed by atoms with Gasteiger partial charge in [0.25, 0.3) is 0 Å². The maximum absolute atomic E-state index is 12.8. The van der Waals surface area contributed by atoms with E-state index in [9.17, 15) is 22.8 Å². The van der Waals surface area contributed by atoms with Gasteiger partial charge in [0.15, 0.2) is 6.61 Å². The van der Waals surface area contributed by atoms with Gasteiger partial charge in [-0.25, -0.2) is 4.79 Å². The van der Waals surface area contributed by atoms with Gasteiger partial charge in [0.2, 0.25) is 5.91 Å². The molecule has 1 aliphatic heterocycles. The number of aryl methyl sites for hydroxylation is 1. The second kappa shape index (κ2) is 11.4.